The molecule has 5 nitrogen and oxygen atoms in total. The van der Waals surface area contributed by atoms with E-state index >= 15 is 0 Å². The van der Waals surface area contributed by atoms with Crippen LogP contribution < -0.4 is 10.2 Å². The molecule has 2 aliphatic rings. The van der Waals surface area contributed by atoms with Gasteiger partial charge in [0, 0.05) is 32.1 Å². The van der Waals surface area contributed by atoms with Crippen LogP contribution in [0.15, 0.2) is 0 Å². The number of nitrogens with one attached hydrogen (secondary N) is 2. The first-order valence-corrected chi connectivity index (χ1v) is 8.34. The van der Waals surface area contributed by atoms with Gasteiger partial charge < -0.3 is 10.2 Å². The van der Waals surface area contributed by atoms with Crippen LogP contribution >= 0.6 is 0 Å². The molecule has 3 unspecified atom stereocenters. The maximum atomic E-state index is 4.78. The molecule has 2 N–H and O–H groups in total. The molecule has 0 bridgehead atoms. The zero-order valence-corrected chi connectivity index (χ0v) is 13.8. The first-order valence-electron chi connectivity index (χ1n) is 8.34. The van der Waals surface area contributed by atoms with E-state index in [4.69, 9.17) is 4.98 Å². The number of piperidine rings is 1. The molecule has 2 fully saturated rings. The summed E-state index contributed by atoms with van der Waals surface area (Å²) in [6.45, 7) is 12.5. The van der Waals surface area contributed by atoms with Crippen LogP contribution in [0.5, 0.6) is 0 Å². The number of H-pyrrole nitrogens is 1. The fraction of sp³-hybridized carbons (Fsp3) is 0.875. The van der Waals surface area contributed by atoms with Gasteiger partial charge in [0.05, 0.1) is 0 Å². The molecule has 0 saturated carbocycles. The topological polar surface area (TPSA) is 56.8 Å². The summed E-state index contributed by atoms with van der Waals surface area (Å²) < 4.78 is 0. The van der Waals surface area contributed by atoms with Gasteiger partial charge in [-0.3, -0.25) is 5.10 Å². The number of nitrogens with zero attached hydrogens (tertiary/aromatic N) is 3. The highest BCUT2D eigenvalue weighted by atomic mass is 15.4. The van der Waals surface area contributed by atoms with E-state index in [0.29, 0.717) is 17.4 Å². The number of hydrogen-bond acceptors (Lipinski definition) is 4. The summed E-state index contributed by atoms with van der Waals surface area (Å²) in [5.74, 6) is 3.29. The van der Waals surface area contributed by atoms with E-state index in [2.05, 4.69) is 48.1 Å². The number of fused-ring (bicyclic) bond motifs is 1. The van der Waals surface area contributed by atoms with Gasteiger partial charge in [0.1, 0.15) is 5.82 Å². The number of aromatic nitrogens is 3. The Morgan fingerprint density at radius 1 is 1.33 bits per heavy atom. The van der Waals surface area contributed by atoms with Crippen LogP contribution in [0.2, 0.25) is 0 Å². The summed E-state index contributed by atoms with van der Waals surface area (Å²) in [5, 5.41) is 11.2. The van der Waals surface area contributed by atoms with Crippen LogP contribution in [-0.2, 0) is 6.42 Å². The average Bonchev–Trinajstić information content (AvgIpc) is 3.05. The molecule has 0 radical (unpaired) electrons. The molecule has 0 amide bonds. The smallest absolute Gasteiger partial charge is 0.245 e. The Morgan fingerprint density at radius 2 is 2.14 bits per heavy atom. The number of aromatic amines is 1. The third-order valence-corrected chi connectivity index (χ3v) is 5.43. The fourth-order valence-electron chi connectivity index (χ4n) is 3.42. The van der Waals surface area contributed by atoms with Gasteiger partial charge in [0.25, 0.3) is 0 Å². The Bertz CT molecular complexity index is 475. The van der Waals surface area contributed by atoms with E-state index in [-0.39, 0.29) is 0 Å². The Morgan fingerprint density at radius 3 is 2.90 bits per heavy atom. The van der Waals surface area contributed by atoms with Gasteiger partial charge in [-0.05, 0) is 30.1 Å². The van der Waals surface area contributed by atoms with Crippen molar-refractivity contribution in [1.82, 2.24) is 20.5 Å². The van der Waals surface area contributed by atoms with E-state index in [1.54, 1.807) is 0 Å². The van der Waals surface area contributed by atoms with E-state index < -0.39 is 0 Å². The Labute approximate surface area is 127 Å². The molecule has 118 valence electrons. The van der Waals surface area contributed by atoms with E-state index in [1.165, 1.54) is 12.8 Å². The first kappa shape index (κ1) is 14.8. The van der Waals surface area contributed by atoms with Crippen molar-refractivity contribution in [1.29, 1.82) is 0 Å². The lowest BCUT2D eigenvalue weighted by Crippen LogP contribution is -2.45. The van der Waals surface area contributed by atoms with Gasteiger partial charge >= 0.3 is 0 Å². The lowest BCUT2D eigenvalue weighted by molar-refractivity contribution is 0.257. The standard InChI is InChI=1S/C16H29N5/c1-11(16(2,3)4)8-14-18-15(20-19-14)21-7-5-6-12-9-17-10-13(12)21/h11-13,17H,5-10H2,1-4H3,(H,18,19,20). The molecule has 5 heteroatoms. The molecule has 21 heavy (non-hydrogen) atoms. The second kappa shape index (κ2) is 5.59. The number of rotatable bonds is 3. The second-order valence-electron chi connectivity index (χ2n) is 7.87. The van der Waals surface area contributed by atoms with Crippen LogP contribution in [-0.4, -0.2) is 40.9 Å². The van der Waals surface area contributed by atoms with Gasteiger partial charge in [-0.15, -0.1) is 5.10 Å². The van der Waals surface area contributed by atoms with E-state index in [9.17, 15) is 0 Å². The van der Waals surface area contributed by atoms with Gasteiger partial charge in [-0.2, -0.15) is 4.98 Å². The van der Waals surface area contributed by atoms with Crippen LogP contribution in [0.1, 0.15) is 46.4 Å². The largest absolute Gasteiger partial charge is 0.335 e. The zero-order chi connectivity index (χ0) is 15.0. The molecule has 0 spiro atoms. The highest BCUT2D eigenvalue weighted by molar-refractivity contribution is 5.33. The summed E-state index contributed by atoms with van der Waals surface area (Å²) in [5.41, 5.74) is 0.304. The van der Waals surface area contributed by atoms with Gasteiger partial charge in [0.15, 0.2) is 0 Å². The summed E-state index contributed by atoms with van der Waals surface area (Å²) >= 11 is 0. The van der Waals surface area contributed by atoms with Crippen molar-refractivity contribution in [2.45, 2.75) is 53.0 Å². The van der Waals surface area contributed by atoms with Crippen molar-refractivity contribution >= 4 is 5.95 Å². The normalized spacial score (nSPS) is 27.7. The minimum Gasteiger partial charge on any atom is -0.335 e. The highest BCUT2D eigenvalue weighted by Crippen LogP contribution is 2.30. The fourth-order valence-corrected chi connectivity index (χ4v) is 3.42. The molecular weight excluding hydrogens is 262 g/mol. The monoisotopic (exact) mass is 291 g/mol. The molecule has 3 atom stereocenters. The van der Waals surface area contributed by atoms with Crippen molar-refractivity contribution in [2.24, 2.45) is 17.3 Å². The Balaban J connectivity index is 1.70. The molecule has 1 aromatic heterocycles. The van der Waals surface area contributed by atoms with Crippen LogP contribution in [0.25, 0.3) is 0 Å². The molecule has 0 aromatic carbocycles. The third kappa shape index (κ3) is 3.07. The van der Waals surface area contributed by atoms with Crippen molar-refractivity contribution in [3.8, 4) is 0 Å². The summed E-state index contributed by atoms with van der Waals surface area (Å²) in [6, 6.07) is 0.586. The van der Waals surface area contributed by atoms with Crippen LogP contribution in [0.4, 0.5) is 5.95 Å². The quantitative estimate of drug-likeness (QED) is 0.896. The summed E-state index contributed by atoms with van der Waals surface area (Å²) in [7, 11) is 0. The molecular formula is C16H29N5. The molecule has 3 rings (SSSR count). The average molecular weight is 291 g/mol. The zero-order valence-electron chi connectivity index (χ0n) is 13.8. The van der Waals surface area contributed by atoms with Crippen LogP contribution in [0.3, 0.4) is 0 Å². The Kier molecular flexibility index (Phi) is 3.95. The van der Waals surface area contributed by atoms with Crippen molar-refractivity contribution in [2.75, 3.05) is 24.5 Å². The SMILES string of the molecule is CC(Cc1nc(N2CCCC3CNCC32)n[nH]1)C(C)(C)C. The lowest BCUT2D eigenvalue weighted by Gasteiger charge is -2.36. The summed E-state index contributed by atoms with van der Waals surface area (Å²) in [6.07, 6.45) is 3.56. The molecule has 0 aliphatic carbocycles. The third-order valence-electron chi connectivity index (χ3n) is 5.43. The Hall–Kier alpha value is -1.10. The maximum Gasteiger partial charge on any atom is 0.245 e. The maximum absolute atomic E-state index is 4.78. The van der Waals surface area contributed by atoms with Crippen molar-refractivity contribution in [3.05, 3.63) is 5.82 Å². The highest BCUT2D eigenvalue weighted by Gasteiger charge is 2.36. The first-order chi connectivity index (χ1) is 9.95. The minimum atomic E-state index is 0.304. The number of hydrogen-bond donors (Lipinski definition) is 2. The molecule has 3 heterocycles. The van der Waals surface area contributed by atoms with E-state index in [1.807, 2.05) is 0 Å². The van der Waals surface area contributed by atoms with Crippen LogP contribution in [0, 0.1) is 17.3 Å². The number of anilines is 1. The second-order valence-corrected chi connectivity index (χ2v) is 7.87. The molecule has 2 aliphatic heterocycles. The van der Waals surface area contributed by atoms with E-state index in [0.717, 1.165) is 43.7 Å². The lowest BCUT2D eigenvalue weighted by atomic mass is 9.80. The predicted octanol–water partition coefficient (Wildman–Crippen LogP) is 2.22. The summed E-state index contributed by atoms with van der Waals surface area (Å²) in [4.78, 5) is 7.19. The van der Waals surface area contributed by atoms with Gasteiger partial charge in [-0.1, -0.05) is 27.7 Å². The predicted molar refractivity (Wildman–Crippen MR) is 85.4 cm³/mol. The minimum absolute atomic E-state index is 0.304. The van der Waals surface area contributed by atoms with Gasteiger partial charge in [-0.25, -0.2) is 0 Å². The van der Waals surface area contributed by atoms with Crippen molar-refractivity contribution in [3.63, 3.8) is 0 Å². The molecule has 1 aromatic rings. The molecule has 2 saturated heterocycles. The van der Waals surface area contributed by atoms with Crippen molar-refractivity contribution < 1.29 is 0 Å². The van der Waals surface area contributed by atoms with Gasteiger partial charge in [0.2, 0.25) is 5.95 Å².